The average molecular weight is 1010 g/mol. The van der Waals surface area contributed by atoms with E-state index in [4.69, 9.17) is 14.2 Å². The molecule has 0 radical (unpaired) electrons. The van der Waals surface area contributed by atoms with Crippen LogP contribution in [0.5, 0.6) is 11.5 Å². The number of carbonyl (C=O) groups is 2. The number of halogens is 3. The fourth-order valence-corrected chi connectivity index (χ4v) is 6.52. The molecule has 2 aromatic heterocycles. The van der Waals surface area contributed by atoms with Crippen molar-refractivity contribution in [2.45, 2.75) is 34.8 Å². The van der Waals surface area contributed by atoms with Gasteiger partial charge in [-0.2, -0.15) is 0 Å². The summed E-state index contributed by atoms with van der Waals surface area (Å²) in [5.41, 5.74) is 2.52. The van der Waals surface area contributed by atoms with Crippen LogP contribution in [0.15, 0.2) is 121 Å². The second-order valence-corrected chi connectivity index (χ2v) is 15.2. The van der Waals surface area contributed by atoms with Gasteiger partial charge in [-0.25, -0.2) is 19.0 Å². The van der Waals surface area contributed by atoms with Crippen molar-refractivity contribution in [2.24, 2.45) is 0 Å². The Kier molecular flexibility index (Phi) is 17.3. The van der Waals surface area contributed by atoms with E-state index < -0.39 is 11.9 Å². The van der Waals surface area contributed by atoms with E-state index in [2.05, 4.69) is 69.8 Å². The summed E-state index contributed by atoms with van der Waals surface area (Å²) < 4.78 is 26.1. The van der Waals surface area contributed by atoms with E-state index in [1.54, 1.807) is 30.5 Å². The van der Waals surface area contributed by atoms with Crippen LogP contribution in [-0.4, -0.2) is 69.9 Å². The van der Waals surface area contributed by atoms with Gasteiger partial charge >= 0.3 is 11.9 Å². The number of thiol groups is 1. The van der Waals surface area contributed by atoms with Crippen LogP contribution >= 0.6 is 78.8 Å². The lowest BCUT2D eigenvalue weighted by molar-refractivity contribution is 0.0513. The van der Waals surface area contributed by atoms with Crippen molar-refractivity contribution < 1.29 is 28.5 Å². The minimum Gasteiger partial charge on any atom is -0.497 e. The van der Waals surface area contributed by atoms with Gasteiger partial charge in [-0.3, -0.25) is 0 Å². The predicted molar refractivity (Wildman–Crippen MR) is 224 cm³/mol. The second kappa shape index (κ2) is 21.8. The Morgan fingerprint density at radius 3 is 1.67 bits per heavy atom. The molecule has 0 saturated heterocycles. The third kappa shape index (κ3) is 12.9. The number of benzene rings is 4. The minimum atomic E-state index is -0.481. The first kappa shape index (κ1) is 42.8. The summed E-state index contributed by atoms with van der Waals surface area (Å²) in [6.45, 7) is 3.06. The van der Waals surface area contributed by atoms with E-state index in [0.717, 1.165) is 41.4 Å². The van der Waals surface area contributed by atoms with Gasteiger partial charge in [0.25, 0.3) is 0 Å². The van der Waals surface area contributed by atoms with E-state index in [0.29, 0.717) is 21.8 Å². The van der Waals surface area contributed by atoms with Crippen LogP contribution < -0.4 is 9.47 Å². The summed E-state index contributed by atoms with van der Waals surface area (Å²) in [7, 11) is 4.57. The zero-order valence-corrected chi connectivity index (χ0v) is 36.5. The molecule has 6 aromatic rings. The fraction of sp³-hybridized carbons (Fsp3) is 0.189. The van der Waals surface area contributed by atoms with E-state index in [9.17, 15) is 9.59 Å². The molecule has 0 bridgehead atoms. The fourth-order valence-electron chi connectivity index (χ4n) is 4.32. The summed E-state index contributed by atoms with van der Waals surface area (Å²) in [6, 6.07) is 30.9. The van der Waals surface area contributed by atoms with Crippen LogP contribution in [0.4, 0.5) is 0 Å². The predicted octanol–water partition coefficient (Wildman–Crippen LogP) is 8.89. The molecule has 0 unspecified atom stereocenters. The first-order chi connectivity index (χ1) is 26.0. The summed E-state index contributed by atoms with van der Waals surface area (Å²) >= 11 is 14.3. The summed E-state index contributed by atoms with van der Waals surface area (Å²) in [4.78, 5) is 25.7. The van der Waals surface area contributed by atoms with Crippen molar-refractivity contribution in [1.82, 2.24) is 30.0 Å². The minimum absolute atomic E-state index is 0.221. The van der Waals surface area contributed by atoms with Gasteiger partial charge < -0.3 is 18.9 Å². The lowest BCUT2D eigenvalue weighted by atomic mass is 10.2. The molecule has 0 aliphatic rings. The molecule has 0 aliphatic heterocycles. The molecule has 4 aromatic carbocycles. The zero-order chi connectivity index (χ0) is 39.0. The maximum atomic E-state index is 12.3. The van der Waals surface area contributed by atoms with Crippen LogP contribution in [0.1, 0.15) is 39.0 Å². The van der Waals surface area contributed by atoms with Crippen molar-refractivity contribution in [3.63, 3.8) is 0 Å². The molecule has 0 amide bonds. The highest BCUT2D eigenvalue weighted by molar-refractivity contribution is 14.1. The van der Waals surface area contributed by atoms with Crippen molar-refractivity contribution in [2.75, 3.05) is 27.9 Å². The molecule has 0 aliphatic carbocycles. The number of hydrogen-bond acceptors (Lipinski definition) is 12. The Morgan fingerprint density at radius 2 is 1.19 bits per heavy atom. The molecule has 0 N–H and O–H groups in total. The van der Waals surface area contributed by atoms with Crippen molar-refractivity contribution in [1.29, 1.82) is 0 Å². The molecular weight excluding hydrogens is 975 g/mol. The lowest BCUT2D eigenvalue weighted by Crippen LogP contribution is -2.08. The Morgan fingerprint density at radius 1 is 0.704 bits per heavy atom. The number of ether oxygens (including phenoxy) is 4. The van der Waals surface area contributed by atoms with Crippen molar-refractivity contribution in [3.05, 3.63) is 132 Å². The van der Waals surface area contributed by atoms with Gasteiger partial charge in [0.05, 0.1) is 41.0 Å². The van der Waals surface area contributed by atoms with Gasteiger partial charge in [0.15, 0.2) is 0 Å². The number of hydrogen-bond donors (Lipinski definition) is 1. The maximum absolute atomic E-state index is 12.3. The van der Waals surface area contributed by atoms with Crippen LogP contribution in [0, 0.1) is 3.70 Å². The molecule has 2 heterocycles. The third-order valence-corrected chi connectivity index (χ3v) is 10.6. The highest BCUT2D eigenvalue weighted by atomic mass is 127. The number of aromatic nitrogens is 6. The van der Waals surface area contributed by atoms with Crippen molar-refractivity contribution in [3.8, 4) is 11.5 Å². The average Bonchev–Trinajstić information content (AvgIpc) is 3.76. The monoisotopic (exact) mass is 1010 g/mol. The van der Waals surface area contributed by atoms with E-state index >= 15 is 0 Å². The number of carbonyl (C=O) groups excluding carboxylic acids is 2. The third-order valence-electron chi connectivity index (χ3n) is 7.05. The van der Waals surface area contributed by atoms with Crippen LogP contribution in [0.3, 0.4) is 0 Å². The lowest BCUT2D eigenvalue weighted by Gasteiger charge is -2.09. The first-order valence-electron chi connectivity index (χ1n) is 16.0. The zero-order valence-electron chi connectivity index (χ0n) is 29.5. The van der Waals surface area contributed by atoms with Gasteiger partial charge in [-0.15, -0.1) is 22.8 Å². The summed E-state index contributed by atoms with van der Waals surface area (Å²) in [5, 5.41) is 16.7. The van der Waals surface area contributed by atoms with E-state index in [1.165, 1.54) is 18.9 Å². The molecule has 282 valence electrons. The molecule has 12 nitrogen and oxygen atoms in total. The van der Waals surface area contributed by atoms with E-state index in [-0.39, 0.29) is 18.0 Å². The molecule has 0 atom stereocenters. The standard InChI is InChI=1S/C19H18BrN3O3S.C12H12IN3O3.C6H5BrS/c1-3-26-19(24)17-18(27-16-10-6-14(20)7-11-16)23(22-21-17)12-13-4-8-15(25-2)9-5-13;1-18-9-5-3-8(4-6-9)7-16-11(13)10(14-15-16)12(17)19-2;7-5-1-3-6(8)4-2-5/h4-11H,3,12H2,1-2H3;3-6H,7H2,1-2H3;1-4,8H. The first-order valence-corrected chi connectivity index (χ1v) is 19.9. The SMILES string of the molecule is CCOC(=O)c1nnn(Cc2ccc(OC)cc2)c1Sc1ccc(Br)cc1.COC(=O)c1nnn(Cc2ccc(OC)cc2)c1I.Sc1ccc(Br)cc1. The Labute approximate surface area is 353 Å². The normalized spacial score (nSPS) is 10.3. The largest absolute Gasteiger partial charge is 0.497 e. The highest BCUT2D eigenvalue weighted by Gasteiger charge is 2.22. The Bertz CT molecular complexity index is 2080. The van der Waals surface area contributed by atoms with Gasteiger partial charge in [-0.05, 0) is 113 Å². The quantitative estimate of drug-likeness (QED) is 0.0759. The number of methoxy groups -OCH3 is 3. The second-order valence-electron chi connectivity index (χ2n) is 10.7. The topological polar surface area (TPSA) is 132 Å². The molecule has 0 spiro atoms. The van der Waals surface area contributed by atoms with Crippen LogP contribution in [-0.2, 0) is 22.6 Å². The smallest absolute Gasteiger partial charge is 0.361 e. The highest BCUT2D eigenvalue weighted by Crippen LogP contribution is 2.31. The van der Waals surface area contributed by atoms with E-state index in [1.807, 2.05) is 120 Å². The molecule has 54 heavy (non-hydrogen) atoms. The van der Waals surface area contributed by atoms with Crippen molar-refractivity contribution >= 4 is 90.8 Å². The van der Waals surface area contributed by atoms with Gasteiger partial charge in [0.2, 0.25) is 11.4 Å². The molecule has 0 fully saturated rings. The molecular formula is C37H35Br2IN6O6S2. The van der Waals surface area contributed by atoms with Gasteiger partial charge in [0, 0.05) is 18.7 Å². The number of rotatable bonds is 11. The number of esters is 2. The Hall–Kier alpha value is -3.91. The number of nitrogens with zero attached hydrogens (tertiary/aromatic N) is 6. The van der Waals surface area contributed by atoms with Crippen LogP contribution in [0.2, 0.25) is 0 Å². The van der Waals surface area contributed by atoms with Crippen LogP contribution in [0.25, 0.3) is 0 Å². The van der Waals surface area contributed by atoms with Gasteiger partial charge in [0.1, 0.15) is 20.2 Å². The Balaban J connectivity index is 0.000000207. The van der Waals surface area contributed by atoms with Gasteiger partial charge in [-0.1, -0.05) is 78.3 Å². The molecule has 6 rings (SSSR count). The molecule has 0 saturated carbocycles. The summed E-state index contributed by atoms with van der Waals surface area (Å²) in [5.74, 6) is 0.629. The molecule has 17 heteroatoms. The maximum Gasteiger partial charge on any atom is 0.361 e. The summed E-state index contributed by atoms with van der Waals surface area (Å²) in [6.07, 6.45) is 0.